The van der Waals surface area contributed by atoms with Crippen LogP contribution in [0.3, 0.4) is 0 Å². The monoisotopic (exact) mass is 288 g/mol. The van der Waals surface area contributed by atoms with E-state index in [4.69, 9.17) is 0 Å². The maximum atomic E-state index is 13.1. The number of aromatic nitrogens is 1. The number of halogens is 1. The van der Waals surface area contributed by atoms with Crippen LogP contribution in [0.4, 0.5) is 4.39 Å². The van der Waals surface area contributed by atoms with Crippen molar-refractivity contribution in [1.29, 1.82) is 0 Å². The first-order chi connectivity index (χ1) is 10.1. The van der Waals surface area contributed by atoms with E-state index in [1.165, 1.54) is 12.1 Å². The first kappa shape index (κ1) is 13.8. The molecule has 1 saturated carbocycles. The summed E-state index contributed by atoms with van der Waals surface area (Å²) in [6.45, 7) is 0. The highest BCUT2D eigenvalue weighted by Gasteiger charge is 2.35. The molecule has 3 N–H and O–H groups in total. The second-order valence-electron chi connectivity index (χ2n) is 5.49. The zero-order valence-electron chi connectivity index (χ0n) is 11.4. The number of carbonyl (C=O) groups is 1. The number of hydrogen-bond donors (Lipinski definition) is 3. The molecule has 4 nitrogen and oxygen atoms in total. The first-order valence-electron chi connectivity index (χ1n) is 7.00. The van der Waals surface area contributed by atoms with Crippen LogP contribution in [0, 0.1) is 11.7 Å². The molecule has 1 fully saturated rings. The topological polar surface area (TPSA) is 65.1 Å². The van der Waals surface area contributed by atoms with Crippen molar-refractivity contribution in [3.8, 4) is 0 Å². The predicted molar refractivity (Wildman–Crippen MR) is 76.1 cm³/mol. The highest BCUT2D eigenvalue weighted by Crippen LogP contribution is 2.38. The molecular weight excluding hydrogens is 271 g/mol. The summed E-state index contributed by atoms with van der Waals surface area (Å²) in [5.74, 6) is -0.302. The third-order valence-electron chi connectivity index (χ3n) is 4.00. The molecule has 110 valence electrons. The fraction of sp³-hybridized carbons (Fsp3) is 0.312. The molecule has 2 aromatic rings. The molecule has 3 rings (SSSR count). The smallest absolute Gasteiger partial charge is 0.253 e. The van der Waals surface area contributed by atoms with Gasteiger partial charge >= 0.3 is 0 Å². The van der Waals surface area contributed by atoms with Crippen LogP contribution in [0.25, 0.3) is 0 Å². The van der Waals surface area contributed by atoms with E-state index < -0.39 is 0 Å². The first-order valence-corrected chi connectivity index (χ1v) is 7.00. The van der Waals surface area contributed by atoms with Crippen LogP contribution in [-0.4, -0.2) is 22.1 Å². The Kier molecular flexibility index (Phi) is 3.75. The van der Waals surface area contributed by atoms with Crippen molar-refractivity contribution in [2.75, 3.05) is 0 Å². The van der Waals surface area contributed by atoms with Crippen molar-refractivity contribution in [3.63, 3.8) is 0 Å². The van der Waals surface area contributed by atoms with Crippen LogP contribution < -0.4 is 5.32 Å². The van der Waals surface area contributed by atoms with Gasteiger partial charge in [-0.25, -0.2) is 4.39 Å². The van der Waals surface area contributed by atoms with Crippen LogP contribution in [0.2, 0.25) is 0 Å². The number of aromatic amines is 1. The van der Waals surface area contributed by atoms with Gasteiger partial charge in [0.1, 0.15) is 5.82 Å². The molecule has 1 aliphatic rings. The highest BCUT2D eigenvalue weighted by molar-refractivity contribution is 5.94. The molecular formula is C16H17FN2O2. The molecule has 21 heavy (non-hydrogen) atoms. The van der Waals surface area contributed by atoms with Crippen LogP contribution in [0.15, 0.2) is 42.7 Å². The number of hydrogen-bond acceptors (Lipinski definition) is 2. The normalized spacial score (nSPS) is 22.4. The summed E-state index contributed by atoms with van der Waals surface area (Å²) in [4.78, 5) is 15.1. The maximum absolute atomic E-state index is 13.1. The molecule has 0 unspecified atom stereocenters. The van der Waals surface area contributed by atoms with Crippen LogP contribution in [0.1, 0.15) is 34.8 Å². The summed E-state index contributed by atoms with van der Waals surface area (Å²) in [6.07, 6.45) is 4.31. The van der Waals surface area contributed by atoms with Crippen molar-refractivity contribution < 1.29 is 14.3 Å². The summed E-state index contributed by atoms with van der Waals surface area (Å²) in [6, 6.07) is 7.63. The van der Waals surface area contributed by atoms with Gasteiger partial charge in [0.25, 0.3) is 5.91 Å². The van der Waals surface area contributed by atoms with Gasteiger partial charge in [-0.15, -0.1) is 0 Å². The Hall–Kier alpha value is -2.14. The quantitative estimate of drug-likeness (QED) is 0.809. The molecule has 1 amide bonds. The number of carbonyl (C=O) groups excluding carboxylic acids is 1. The minimum Gasteiger partial charge on any atom is -0.393 e. The molecule has 1 aliphatic carbocycles. The molecule has 1 atom stereocenters. The number of amides is 1. The fourth-order valence-electron chi connectivity index (χ4n) is 2.74. The summed E-state index contributed by atoms with van der Waals surface area (Å²) in [5, 5.41) is 12.5. The van der Waals surface area contributed by atoms with E-state index in [0.29, 0.717) is 18.4 Å². The standard InChI is InChI=1S/C16H17FN2O2/c17-13-3-1-10(2-4-13)15(12-7-14(20)8-12)19-16(21)11-5-6-18-9-11/h1-6,9,12,14-15,18,20H,7-8H2,(H,19,21)/t12?,14?,15-/m1/s1. The molecule has 5 heteroatoms. The number of rotatable bonds is 4. The van der Waals surface area contributed by atoms with Gasteiger partial charge in [-0.2, -0.15) is 0 Å². The van der Waals surface area contributed by atoms with Crippen molar-refractivity contribution in [2.45, 2.75) is 25.0 Å². The van der Waals surface area contributed by atoms with Gasteiger partial charge in [-0.3, -0.25) is 4.79 Å². The molecule has 0 aliphatic heterocycles. The lowest BCUT2D eigenvalue weighted by Gasteiger charge is -2.38. The van der Waals surface area contributed by atoms with Crippen molar-refractivity contribution in [2.24, 2.45) is 5.92 Å². The van der Waals surface area contributed by atoms with E-state index in [-0.39, 0.29) is 29.8 Å². The number of nitrogens with one attached hydrogen (secondary N) is 2. The minimum absolute atomic E-state index is 0.174. The zero-order valence-corrected chi connectivity index (χ0v) is 11.4. The zero-order chi connectivity index (χ0) is 14.8. The Morgan fingerprint density at radius 2 is 2.00 bits per heavy atom. The number of benzene rings is 1. The Bertz CT molecular complexity index is 604. The second kappa shape index (κ2) is 5.69. The third-order valence-corrected chi connectivity index (χ3v) is 4.00. The Morgan fingerprint density at radius 1 is 1.29 bits per heavy atom. The molecule has 1 heterocycles. The molecule has 1 aromatic carbocycles. The molecule has 0 bridgehead atoms. The van der Waals surface area contributed by atoms with Gasteiger partial charge in [0.15, 0.2) is 0 Å². The van der Waals surface area contributed by atoms with Gasteiger partial charge < -0.3 is 15.4 Å². The number of aliphatic hydroxyl groups is 1. The Morgan fingerprint density at radius 3 is 2.57 bits per heavy atom. The number of aliphatic hydroxyl groups excluding tert-OH is 1. The second-order valence-corrected chi connectivity index (χ2v) is 5.49. The molecule has 1 aromatic heterocycles. The lowest BCUT2D eigenvalue weighted by atomic mass is 9.75. The van der Waals surface area contributed by atoms with Crippen molar-refractivity contribution in [1.82, 2.24) is 10.3 Å². The minimum atomic E-state index is -0.304. The summed E-state index contributed by atoms with van der Waals surface area (Å²) < 4.78 is 13.1. The van der Waals surface area contributed by atoms with Crippen molar-refractivity contribution in [3.05, 3.63) is 59.7 Å². The number of H-pyrrole nitrogens is 1. The largest absolute Gasteiger partial charge is 0.393 e. The molecule has 0 spiro atoms. The van der Waals surface area contributed by atoms with E-state index in [0.717, 1.165) is 5.56 Å². The SMILES string of the molecule is O=C(N[C@H](c1ccc(F)cc1)C1CC(O)C1)c1cc[nH]c1. The Balaban J connectivity index is 1.79. The van der Waals surface area contributed by atoms with Gasteiger partial charge in [-0.1, -0.05) is 12.1 Å². The van der Waals surface area contributed by atoms with E-state index in [9.17, 15) is 14.3 Å². The average molecular weight is 288 g/mol. The predicted octanol–water partition coefficient (Wildman–Crippen LogP) is 2.40. The summed E-state index contributed by atoms with van der Waals surface area (Å²) in [5.41, 5.74) is 1.42. The summed E-state index contributed by atoms with van der Waals surface area (Å²) >= 11 is 0. The van der Waals surface area contributed by atoms with Crippen LogP contribution in [0.5, 0.6) is 0 Å². The maximum Gasteiger partial charge on any atom is 0.253 e. The molecule has 0 radical (unpaired) electrons. The lowest BCUT2D eigenvalue weighted by Crippen LogP contribution is -2.41. The third kappa shape index (κ3) is 2.97. The van der Waals surface area contributed by atoms with Gasteiger partial charge in [0, 0.05) is 12.4 Å². The van der Waals surface area contributed by atoms with E-state index in [2.05, 4.69) is 10.3 Å². The fourth-order valence-corrected chi connectivity index (χ4v) is 2.74. The Labute approximate surface area is 122 Å². The molecule has 0 saturated heterocycles. The van der Waals surface area contributed by atoms with E-state index in [1.807, 2.05) is 0 Å². The lowest BCUT2D eigenvalue weighted by molar-refractivity contribution is 0.0235. The summed E-state index contributed by atoms with van der Waals surface area (Å²) in [7, 11) is 0. The van der Waals surface area contributed by atoms with E-state index >= 15 is 0 Å². The van der Waals surface area contributed by atoms with Gasteiger partial charge in [0.05, 0.1) is 17.7 Å². The van der Waals surface area contributed by atoms with Gasteiger partial charge in [-0.05, 0) is 42.5 Å². The van der Waals surface area contributed by atoms with Crippen molar-refractivity contribution >= 4 is 5.91 Å². The van der Waals surface area contributed by atoms with E-state index in [1.54, 1.807) is 30.6 Å². The highest BCUT2D eigenvalue weighted by atomic mass is 19.1. The average Bonchev–Trinajstić information content (AvgIpc) is 2.97. The van der Waals surface area contributed by atoms with Crippen LogP contribution in [-0.2, 0) is 0 Å². The van der Waals surface area contributed by atoms with Gasteiger partial charge in [0.2, 0.25) is 0 Å². The van der Waals surface area contributed by atoms with Crippen LogP contribution >= 0.6 is 0 Å².